The lowest BCUT2D eigenvalue weighted by Gasteiger charge is -2.24. The van der Waals surface area contributed by atoms with Crippen LogP contribution in [0.15, 0.2) is 22.7 Å². The molecule has 2 rings (SSSR count). The quantitative estimate of drug-likeness (QED) is 0.808. The minimum Gasteiger partial charge on any atom is -0.462 e. The van der Waals surface area contributed by atoms with Gasteiger partial charge in [0.05, 0.1) is 12.2 Å². The molecular formula is C15H21BrN2O2. The van der Waals surface area contributed by atoms with Crippen LogP contribution in [0.2, 0.25) is 0 Å². The Bertz CT molecular complexity index is 459. The van der Waals surface area contributed by atoms with Crippen LogP contribution in [-0.4, -0.2) is 31.7 Å². The van der Waals surface area contributed by atoms with Gasteiger partial charge in [-0.25, -0.2) is 4.79 Å². The maximum Gasteiger partial charge on any atom is 0.338 e. The molecule has 0 aliphatic carbocycles. The SMILES string of the molecule is CCOC(=O)c1ccc(NCC2CCCCN2)c(Br)c1. The van der Waals surface area contributed by atoms with Crippen LogP contribution in [0, 0.1) is 0 Å². The molecule has 0 saturated carbocycles. The van der Waals surface area contributed by atoms with Gasteiger partial charge in [-0.15, -0.1) is 0 Å². The molecule has 1 aromatic carbocycles. The molecule has 1 unspecified atom stereocenters. The molecule has 20 heavy (non-hydrogen) atoms. The first kappa shape index (κ1) is 15.3. The lowest BCUT2D eigenvalue weighted by Crippen LogP contribution is -2.39. The highest BCUT2D eigenvalue weighted by Crippen LogP contribution is 2.24. The summed E-state index contributed by atoms with van der Waals surface area (Å²) in [6.45, 7) is 4.20. The molecule has 2 N–H and O–H groups in total. The minimum atomic E-state index is -0.284. The van der Waals surface area contributed by atoms with Gasteiger partial charge >= 0.3 is 5.97 Å². The zero-order valence-corrected chi connectivity index (χ0v) is 13.3. The first-order valence-electron chi connectivity index (χ1n) is 7.14. The zero-order valence-electron chi connectivity index (χ0n) is 11.7. The Labute approximate surface area is 128 Å². The summed E-state index contributed by atoms with van der Waals surface area (Å²) in [5.41, 5.74) is 1.57. The zero-order chi connectivity index (χ0) is 14.4. The molecule has 1 atom stereocenters. The van der Waals surface area contributed by atoms with E-state index in [4.69, 9.17) is 4.74 Å². The van der Waals surface area contributed by atoms with Gasteiger partial charge in [0.1, 0.15) is 0 Å². The topological polar surface area (TPSA) is 50.4 Å². The minimum absolute atomic E-state index is 0.284. The van der Waals surface area contributed by atoms with Crippen molar-refractivity contribution in [3.05, 3.63) is 28.2 Å². The third-order valence-electron chi connectivity index (χ3n) is 3.43. The van der Waals surface area contributed by atoms with Gasteiger partial charge in [0, 0.05) is 22.7 Å². The van der Waals surface area contributed by atoms with Gasteiger partial charge in [-0.2, -0.15) is 0 Å². The van der Waals surface area contributed by atoms with Gasteiger partial charge in [-0.05, 0) is 60.4 Å². The van der Waals surface area contributed by atoms with E-state index in [2.05, 4.69) is 26.6 Å². The number of nitrogens with one attached hydrogen (secondary N) is 2. The summed E-state index contributed by atoms with van der Waals surface area (Å²) in [4.78, 5) is 11.6. The number of esters is 1. The van der Waals surface area contributed by atoms with E-state index in [-0.39, 0.29) is 5.97 Å². The van der Waals surface area contributed by atoms with Crippen molar-refractivity contribution in [2.24, 2.45) is 0 Å². The molecule has 110 valence electrons. The maximum absolute atomic E-state index is 11.6. The maximum atomic E-state index is 11.6. The van der Waals surface area contributed by atoms with Gasteiger partial charge in [0.25, 0.3) is 0 Å². The molecule has 1 fully saturated rings. The van der Waals surface area contributed by atoms with Gasteiger partial charge < -0.3 is 15.4 Å². The van der Waals surface area contributed by atoms with E-state index in [0.29, 0.717) is 18.2 Å². The second-order valence-corrected chi connectivity index (χ2v) is 5.80. The number of halogens is 1. The van der Waals surface area contributed by atoms with Crippen molar-refractivity contribution >= 4 is 27.6 Å². The van der Waals surface area contributed by atoms with Crippen LogP contribution < -0.4 is 10.6 Å². The monoisotopic (exact) mass is 340 g/mol. The molecule has 0 aromatic heterocycles. The summed E-state index contributed by atoms with van der Waals surface area (Å²) in [5.74, 6) is -0.284. The van der Waals surface area contributed by atoms with E-state index in [9.17, 15) is 4.79 Å². The average molecular weight is 341 g/mol. The largest absolute Gasteiger partial charge is 0.462 e. The molecule has 1 heterocycles. The Morgan fingerprint density at radius 1 is 1.50 bits per heavy atom. The number of hydrogen-bond acceptors (Lipinski definition) is 4. The Hall–Kier alpha value is -1.07. The molecule has 1 aliphatic heterocycles. The van der Waals surface area contributed by atoms with Crippen molar-refractivity contribution in [3.63, 3.8) is 0 Å². The van der Waals surface area contributed by atoms with Crippen molar-refractivity contribution < 1.29 is 9.53 Å². The van der Waals surface area contributed by atoms with Crippen molar-refractivity contribution in [1.82, 2.24) is 5.32 Å². The first-order chi connectivity index (χ1) is 9.70. The number of ether oxygens (including phenoxy) is 1. The van der Waals surface area contributed by atoms with Gasteiger partial charge in [-0.3, -0.25) is 0 Å². The Kier molecular flexibility index (Phi) is 5.86. The number of carbonyl (C=O) groups is 1. The third kappa shape index (κ3) is 4.21. The molecule has 0 bridgehead atoms. The van der Waals surface area contributed by atoms with Crippen LogP contribution in [0.3, 0.4) is 0 Å². The fraction of sp³-hybridized carbons (Fsp3) is 0.533. The second-order valence-electron chi connectivity index (χ2n) is 4.94. The van der Waals surface area contributed by atoms with Crippen LogP contribution in [0.1, 0.15) is 36.5 Å². The Morgan fingerprint density at radius 3 is 3.00 bits per heavy atom. The summed E-state index contributed by atoms with van der Waals surface area (Å²) in [6.07, 6.45) is 3.78. The summed E-state index contributed by atoms with van der Waals surface area (Å²) in [7, 11) is 0. The summed E-state index contributed by atoms with van der Waals surface area (Å²) < 4.78 is 5.88. The molecule has 5 heteroatoms. The van der Waals surface area contributed by atoms with Crippen LogP contribution in [0.25, 0.3) is 0 Å². The van der Waals surface area contributed by atoms with Crippen molar-refractivity contribution in [3.8, 4) is 0 Å². The standard InChI is InChI=1S/C15H21BrN2O2/c1-2-20-15(19)11-6-7-14(13(16)9-11)18-10-12-5-3-4-8-17-12/h6-7,9,12,17-18H,2-5,8,10H2,1H3. The smallest absolute Gasteiger partial charge is 0.338 e. The van der Waals surface area contributed by atoms with E-state index in [1.807, 2.05) is 6.07 Å². The molecule has 1 aliphatic rings. The van der Waals surface area contributed by atoms with E-state index in [1.54, 1.807) is 19.1 Å². The molecule has 1 aromatic rings. The highest BCUT2D eigenvalue weighted by atomic mass is 79.9. The van der Waals surface area contributed by atoms with Crippen molar-refractivity contribution in [2.45, 2.75) is 32.2 Å². The molecular weight excluding hydrogens is 320 g/mol. The van der Waals surface area contributed by atoms with E-state index in [0.717, 1.165) is 23.2 Å². The molecule has 0 spiro atoms. The lowest BCUT2D eigenvalue weighted by molar-refractivity contribution is 0.0526. The number of anilines is 1. The average Bonchev–Trinajstić information content (AvgIpc) is 2.47. The number of rotatable bonds is 5. The second kappa shape index (κ2) is 7.64. The predicted octanol–water partition coefficient (Wildman–Crippen LogP) is 3.18. The van der Waals surface area contributed by atoms with Crippen LogP contribution in [-0.2, 0) is 4.74 Å². The van der Waals surface area contributed by atoms with Gasteiger partial charge in [0.2, 0.25) is 0 Å². The fourth-order valence-electron chi connectivity index (χ4n) is 2.33. The van der Waals surface area contributed by atoms with E-state index < -0.39 is 0 Å². The highest BCUT2D eigenvalue weighted by molar-refractivity contribution is 9.10. The molecule has 0 radical (unpaired) electrons. The fourth-order valence-corrected chi connectivity index (χ4v) is 2.85. The van der Waals surface area contributed by atoms with Crippen molar-refractivity contribution in [2.75, 3.05) is 25.0 Å². The van der Waals surface area contributed by atoms with Gasteiger partial charge in [0.15, 0.2) is 0 Å². The number of carbonyl (C=O) groups excluding carboxylic acids is 1. The van der Waals surface area contributed by atoms with Crippen LogP contribution in [0.4, 0.5) is 5.69 Å². The normalized spacial score (nSPS) is 18.6. The lowest BCUT2D eigenvalue weighted by atomic mass is 10.1. The highest BCUT2D eigenvalue weighted by Gasteiger charge is 2.13. The predicted molar refractivity (Wildman–Crippen MR) is 84.2 cm³/mol. The molecule has 0 amide bonds. The van der Waals surface area contributed by atoms with E-state index in [1.165, 1.54) is 19.3 Å². The van der Waals surface area contributed by atoms with Crippen LogP contribution in [0.5, 0.6) is 0 Å². The number of hydrogen-bond donors (Lipinski definition) is 2. The summed E-state index contributed by atoms with van der Waals surface area (Å²) in [5, 5.41) is 6.92. The third-order valence-corrected chi connectivity index (χ3v) is 4.09. The number of benzene rings is 1. The van der Waals surface area contributed by atoms with Crippen molar-refractivity contribution in [1.29, 1.82) is 0 Å². The van der Waals surface area contributed by atoms with Crippen LogP contribution >= 0.6 is 15.9 Å². The molecule has 1 saturated heterocycles. The molecule has 4 nitrogen and oxygen atoms in total. The Morgan fingerprint density at radius 2 is 2.35 bits per heavy atom. The Balaban J connectivity index is 1.93. The summed E-state index contributed by atoms with van der Waals surface area (Å²) >= 11 is 3.50. The summed E-state index contributed by atoms with van der Waals surface area (Å²) in [6, 6.07) is 6.04. The number of piperidine rings is 1. The van der Waals surface area contributed by atoms with E-state index >= 15 is 0 Å². The van der Waals surface area contributed by atoms with Gasteiger partial charge in [-0.1, -0.05) is 6.42 Å². The first-order valence-corrected chi connectivity index (χ1v) is 7.94.